The van der Waals surface area contributed by atoms with Crippen molar-refractivity contribution < 1.29 is 19.1 Å². The van der Waals surface area contributed by atoms with E-state index in [0.29, 0.717) is 25.2 Å². The molecule has 0 radical (unpaired) electrons. The van der Waals surface area contributed by atoms with Gasteiger partial charge < -0.3 is 19.7 Å². The van der Waals surface area contributed by atoms with Gasteiger partial charge in [0.25, 0.3) is 0 Å². The number of nitrogens with zero attached hydrogens (tertiary/aromatic N) is 3. The molecular formula is C24H26N4O4. The van der Waals surface area contributed by atoms with Gasteiger partial charge in [0.1, 0.15) is 5.75 Å². The maximum atomic E-state index is 13.1. The lowest BCUT2D eigenvalue weighted by Crippen LogP contribution is -2.43. The van der Waals surface area contributed by atoms with Gasteiger partial charge >= 0.3 is 12.0 Å². The smallest absolute Gasteiger partial charge is 0.333 e. The minimum atomic E-state index is -0.864. The molecule has 0 aliphatic carbocycles. The van der Waals surface area contributed by atoms with E-state index in [-0.39, 0.29) is 6.03 Å². The first-order valence-corrected chi connectivity index (χ1v) is 10.5. The molecule has 2 aromatic carbocycles. The second-order valence-corrected chi connectivity index (χ2v) is 7.56. The van der Waals surface area contributed by atoms with E-state index in [1.54, 1.807) is 24.1 Å². The van der Waals surface area contributed by atoms with E-state index in [4.69, 9.17) is 14.6 Å². The number of urea groups is 1. The van der Waals surface area contributed by atoms with Crippen LogP contribution >= 0.6 is 0 Å². The summed E-state index contributed by atoms with van der Waals surface area (Å²) in [4.78, 5) is 27.1. The number of aryl methyl sites for hydroxylation is 1. The van der Waals surface area contributed by atoms with Gasteiger partial charge in [0.2, 0.25) is 0 Å². The number of benzene rings is 2. The molecule has 1 aliphatic heterocycles. The van der Waals surface area contributed by atoms with Crippen molar-refractivity contribution in [3.63, 3.8) is 0 Å². The Bertz CT molecular complexity index is 1080. The number of carbonyl (C=O) groups is 2. The van der Waals surface area contributed by atoms with Crippen LogP contribution in [0.25, 0.3) is 11.3 Å². The third kappa shape index (κ3) is 4.59. The lowest BCUT2D eigenvalue weighted by molar-refractivity contribution is -0.143. The number of amides is 2. The van der Waals surface area contributed by atoms with E-state index >= 15 is 0 Å². The van der Waals surface area contributed by atoms with Crippen LogP contribution in [0.3, 0.4) is 0 Å². The zero-order valence-electron chi connectivity index (χ0n) is 18.2. The zero-order chi connectivity index (χ0) is 22.5. The standard InChI is InChI=1S/C24H26N4O4/c1-31-20-11-9-17(10-12-20)21-15-19-16-27(13-6-14-28(19)26-21)24(30)25-22(23(29)32-2)18-7-4-3-5-8-18/h3-5,7-12,15,22H,6,13-14,16H2,1-2H3,(H,25,30)/t22-/m1/s1. The highest BCUT2D eigenvalue weighted by atomic mass is 16.5. The number of fused-ring (bicyclic) bond motifs is 1. The van der Waals surface area contributed by atoms with E-state index in [1.807, 2.05) is 53.2 Å². The first-order chi connectivity index (χ1) is 15.6. The Morgan fingerprint density at radius 1 is 1.03 bits per heavy atom. The van der Waals surface area contributed by atoms with Crippen molar-refractivity contribution in [3.05, 3.63) is 71.9 Å². The monoisotopic (exact) mass is 434 g/mol. The fourth-order valence-electron chi connectivity index (χ4n) is 3.79. The number of methoxy groups -OCH3 is 2. The van der Waals surface area contributed by atoms with Crippen LogP contribution in [0.5, 0.6) is 5.75 Å². The van der Waals surface area contributed by atoms with Crippen molar-refractivity contribution in [1.82, 2.24) is 20.0 Å². The number of ether oxygens (including phenoxy) is 2. The molecule has 2 amide bonds. The van der Waals surface area contributed by atoms with Crippen LogP contribution in [0, 0.1) is 0 Å². The van der Waals surface area contributed by atoms with Crippen LogP contribution < -0.4 is 10.1 Å². The molecule has 8 heteroatoms. The fraction of sp³-hybridized carbons (Fsp3) is 0.292. The number of esters is 1. The number of nitrogens with one attached hydrogen (secondary N) is 1. The molecule has 1 aromatic heterocycles. The average molecular weight is 434 g/mol. The third-order valence-electron chi connectivity index (χ3n) is 5.52. The molecule has 0 saturated carbocycles. The lowest BCUT2D eigenvalue weighted by Gasteiger charge is -2.24. The molecule has 0 unspecified atom stereocenters. The van der Waals surface area contributed by atoms with Crippen LogP contribution in [0.15, 0.2) is 60.7 Å². The summed E-state index contributed by atoms with van der Waals surface area (Å²) in [7, 11) is 2.95. The Morgan fingerprint density at radius 2 is 1.78 bits per heavy atom. The number of aromatic nitrogens is 2. The number of rotatable bonds is 5. The maximum Gasteiger partial charge on any atom is 0.333 e. The molecule has 1 aliphatic rings. The van der Waals surface area contributed by atoms with Gasteiger partial charge in [0, 0.05) is 18.7 Å². The van der Waals surface area contributed by atoms with Crippen molar-refractivity contribution in [2.45, 2.75) is 25.6 Å². The van der Waals surface area contributed by atoms with Gasteiger partial charge in [-0.1, -0.05) is 30.3 Å². The van der Waals surface area contributed by atoms with E-state index in [2.05, 4.69) is 5.32 Å². The van der Waals surface area contributed by atoms with Gasteiger partial charge in [-0.2, -0.15) is 5.10 Å². The first-order valence-electron chi connectivity index (χ1n) is 10.5. The third-order valence-corrected chi connectivity index (χ3v) is 5.52. The molecule has 0 saturated heterocycles. The number of carbonyl (C=O) groups excluding carboxylic acids is 2. The molecule has 0 bridgehead atoms. The first kappa shape index (κ1) is 21.4. The van der Waals surface area contributed by atoms with Crippen LogP contribution in [0.1, 0.15) is 23.7 Å². The van der Waals surface area contributed by atoms with Crippen molar-refractivity contribution >= 4 is 12.0 Å². The summed E-state index contributed by atoms with van der Waals surface area (Å²) < 4.78 is 12.1. The molecule has 4 rings (SSSR count). The van der Waals surface area contributed by atoms with Gasteiger partial charge in [-0.05, 0) is 42.3 Å². The Labute approximate surface area is 186 Å². The molecule has 1 N–H and O–H groups in total. The Balaban J connectivity index is 1.51. The van der Waals surface area contributed by atoms with Crippen molar-refractivity contribution in [1.29, 1.82) is 0 Å². The predicted octanol–water partition coefficient (Wildman–Crippen LogP) is 3.39. The van der Waals surface area contributed by atoms with Gasteiger partial charge in [-0.3, -0.25) is 4.68 Å². The molecular weight excluding hydrogens is 408 g/mol. The summed E-state index contributed by atoms with van der Waals surface area (Å²) in [6.45, 7) is 1.68. The lowest BCUT2D eigenvalue weighted by atomic mass is 10.1. The van der Waals surface area contributed by atoms with Gasteiger partial charge in [-0.25, -0.2) is 9.59 Å². The fourth-order valence-corrected chi connectivity index (χ4v) is 3.79. The topological polar surface area (TPSA) is 85.7 Å². The van der Waals surface area contributed by atoms with E-state index in [1.165, 1.54) is 7.11 Å². The Morgan fingerprint density at radius 3 is 2.47 bits per heavy atom. The van der Waals surface area contributed by atoms with Gasteiger partial charge in [0.15, 0.2) is 6.04 Å². The van der Waals surface area contributed by atoms with Crippen LogP contribution in [0.4, 0.5) is 4.79 Å². The average Bonchev–Trinajstić information content (AvgIpc) is 3.13. The largest absolute Gasteiger partial charge is 0.497 e. The van der Waals surface area contributed by atoms with E-state index in [9.17, 15) is 9.59 Å². The molecule has 32 heavy (non-hydrogen) atoms. The number of hydrogen-bond acceptors (Lipinski definition) is 5. The molecule has 0 spiro atoms. The minimum Gasteiger partial charge on any atom is -0.497 e. The quantitative estimate of drug-likeness (QED) is 0.622. The second-order valence-electron chi connectivity index (χ2n) is 7.56. The summed E-state index contributed by atoms with van der Waals surface area (Å²) >= 11 is 0. The summed E-state index contributed by atoms with van der Waals surface area (Å²) in [5.41, 5.74) is 3.45. The second kappa shape index (κ2) is 9.55. The SMILES string of the molecule is COC(=O)[C@H](NC(=O)N1CCCn2nc(-c3ccc(OC)cc3)cc2C1)c1ccccc1. The van der Waals surface area contributed by atoms with Crippen molar-refractivity contribution in [3.8, 4) is 17.0 Å². The molecule has 166 valence electrons. The highest BCUT2D eigenvalue weighted by molar-refractivity contribution is 5.84. The van der Waals surface area contributed by atoms with E-state index in [0.717, 1.165) is 29.1 Å². The van der Waals surface area contributed by atoms with Crippen LogP contribution in [-0.2, 0) is 22.6 Å². The summed E-state index contributed by atoms with van der Waals surface area (Å²) in [6, 6.07) is 17.6. The normalized spacial score (nSPS) is 14.1. The van der Waals surface area contributed by atoms with Crippen molar-refractivity contribution in [2.75, 3.05) is 20.8 Å². The molecule has 0 fully saturated rings. The predicted molar refractivity (Wildman–Crippen MR) is 119 cm³/mol. The zero-order valence-corrected chi connectivity index (χ0v) is 18.2. The summed E-state index contributed by atoms with van der Waals surface area (Å²) in [5, 5.41) is 7.56. The maximum absolute atomic E-state index is 13.1. The van der Waals surface area contributed by atoms with Crippen LogP contribution in [-0.4, -0.2) is 47.4 Å². The highest BCUT2D eigenvalue weighted by Gasteiger charge is 2.27. The van der Waals surface area contributed by atoms with Gasteiger partial charge in [-0.15, -0.1) is 0 Å². The molecule has 1 atom stereocenters. The molecule has 2 heterocycles. The molecule has 3 aromatic rings. The Hall–Kier alpha value is -3.81. The van der Waals surface area contributed by atoms with Gasteiger partial charge in [0.05, 0.1) is 32.2 Å². The van der Waals surface area contributed by atoms with E-state index < -0.39 is 12.0 Å². The molecule has 8 nitrogen and oxygen atoms in total. The van der Waals surface area contributed by atoms with Crippen LogP contribution in [0.2, 0.25) is 0 Å². The minimum absolute atomic E-state index is 0.315. The van der Waals surface area contributed by atoms with Crippen molar-refractivity contribution in [2.24, 2.45) is 0 Å². The Kier molecular flexibility index (Phi) is 6.39. The summed E-state index contributed by atoms with van der Waals surface area (Å²) in [5.74, 6) is 0.280. The number of hydrogen-bond donors (Lipinski definition) is 1. The summed E-state index contributed by atoms with van der Waals surface area (Å²) in [6.07, 6.45) is 0.762. The highest BCUT2D eigenvalue weighted by Crippen LogP contribution is 2.24.